The third-order valence-corrected chi connectivity index (χ3v) is 3.79. The largest absolute Gasteiger partial charge is 0.369 e. The van der Waals surface area contributed by atoms with Gasteiger partial charge in [0.1, 0.15) is 12.1 Å². The van der Waals surface area contributed by atoms with Gasteiger partial charge in [0.15, 0.2) is 5.65 Å². The first-order valence-electron chi connectivity index (χ1n) is 6.62. The van der Waals surface area contributed by atoms with Gasteiger partial charge < -0.3 is 11.1 Å². The molecule has 1 fully saturated rings. The molecule has 0 radical (unpaired) electrons. The van der Waals surface area contributed by atoms with Crippen molar-refractivity contribution in [1.82, 2.24) is 19.6 Å². The smallest absolute Gasteiger partial charge is 0.348 e. The normalized spacial score (nSPS) is 22.8. The van der Waals surface area contributed by atoms with E-state index < -0.39 is 0 Å². The molecule has 0 saturated heterocycles. The zero-order valence-electron chi connectivity index (χ0n) is 10.9. The molecule has 8 heteroatoms. The van der Waals surface area contributed by atoms with E-state index in [2.05, 4.69) is 20.5 Å². The number of anilines is 1. The van der Waals surface area contributed by atoms with Crippen LogP contribution in [0.4, 0.5) is 5.82 Å². The quantitative estimate of drug-likeness (QED) is 0.722. The van der Waals surface area contributed by atoms with Crippen LogP contribution in [-0.2, 0) is 4.79 Å². The first kappa shape index (κ1) is 12.6. The van der Waals surface area contributed by atoms with Crippen molar-refractivity contribution < 1.29 is 4.79 Å². The van der Waals surface area contributed by atoms with E-state index in [1.54, 1.807) is 6.07 Å². The van der Waals surface area contributed by atoms with Gasteiger partial charge in [-0.3, -0.25) is 4.79 Å². The Balaban J connectivity index is 1.68. The maximum atomic E-state index is 11.3. The summed E-state index contributed by atoms with van der Waals surface area (Å²) >= 11 is 0. The van der Waals surface area contributed by atoms with Gasteiger partial charge in [0.05, 0.1) is 0 Å². The van der Waals surface area contributed by atoms with Crippen molar-refractivity contribution in [1.29, 1.82) is 0 Å². The lowest BCUT2D eigenvalue weighted by Gasteiger charge is -2.27. The molecule has 3 rings (SSSR count). The minimum atomic E-state index is -0.305. The number of rotatable bonds is 3. The van der Waals surface area contributed by atoms with Crippen molar-refractivity contribution in [3.63, 3.8) is 0 Å². The molecule has 0 bridgehead atoms. The molecule has 2 heterocycles. The number of aromatic amines is 1. The summed E-state index contributed by atoms with van der Waals surface area (Å²) in [4.78, 5) is 26.6. The average molecular weight is 276 g/mol. The van der Waals surface area contributed by atoms with E-state index in [0.29, 0.717) is 11.5 Å². The Hall–Kier alpha value is -2.38. The van der Waals surface area contributed by atoms with Crippen LogP contribution in [-0.4, -0.2) is 31.5 Å². The van der Waals surface area contributed by atoms with Crippen molar-refractivity contribution in [2.75, 3.05) is 5.32 Å². The molecular weight excluding hydrogens is 260 g/mol. The standard InChI is InChI=1S/C12H16N6O2/c13-11(19)7-1-3-8(4-2-7)15-9-5-10-16-17-12(20)18(10)6-14-9/h5-8,15H,1-4H2,(H2,13,19)(H,17,20). The number of aromatic nitrogens is 4. The monoisotopic (exact) mass is 276 g/mol. The van der Waals surface area contributed by atoms with Crippen molar-refractivity contribution >= 4 is 17.4 Å². The van der Waals surface area contributed by atoms with Crippen LogP contribution in [0.3, 0.4) is 0 Å². The highest BCUT2D eigenvalue weighted by molar-refractivity contribution is 5.76. The van der Waals surface area contributed by atoms with Gasteiger partial charge >= 0.3 is 5.69 Å². The van der Waals surface area contributed by atoms with Gasteiger partial charge in [0.2, 0.25) is 5.91 Å². The topological polar surface area (TPSA) is 118 Å². The summed E-state index contributed by atoms with van der Waals surface area (Å²) in [6.07, 6.45) is 4.81. The second-order valence-electron chi connectivity index (χ2n) is 5.13. The van der Waals surface area contributed by atoms with E-state index in [-0.39, 0.29) is 23.6 Å². The van der Waals surface area contributed by atoms with Gasteiger partial charge in [-0.15, -0.1) is 0 Å². The second-order valence-corrected chi connectivity index (χ2v) is 5.13. The van der Waals surface area contributed by atoms with E-state index in [1.807, 2.05) is 0 Å². The van der Waals surface area contributed by atoms with Crippen molar-refractivity contribution in [3.8, 4) is 0 Å². The number of carbonyl (C=O) groups excluding carboxylic acids is 1. The number of nitrogens with one attached hydrogen (secondary N) is 2. The van der Waals surface area contributed by atoms with Gasteiger partial charge in [-0.05, 0) is 25.7 Å². The Labute approximate surface area is 114 Å². The lowest BCUT2D eigenvalue weighted by molar-refractivity contribution is -0.122. The van der Waals surface area contributed by atoms with Crippen LogP contribution in [0.25, 0.3) is 5.65 Å². The molecule has 1 aliphatic rings. The predicted molar refractivity (Wildman–Crippen MR) is 72.2 cm³/mol. The van der Waals surface area contributed by atoms with Crippen LogP contribution in [0.1, 0.15) is 25.7 Å². The average Bonchev–Trinajstić information content (AvgIpc) is 2.81. The zero-order valence-corrected chi connectivity index (χ0v) is 10.9. The minimum Gasteiger partial charge on any atom is -0.369 e. The van der Waals surface area contributed by atoms with Crippen LogP contribution in [0, 0.1) is 5.92 Å². The summed E-state index contributed by atoms with van der Waals surface area (Å²) in [7, 11) is 0. The number of hydrogen-bond acceptors (Lipinski definition) is 5. The van der Waals surface area contributed by atoms with E-state index in [9.17, 15) is 9.59 Å². The Morgan fingerprint density at radius 2 is 2.15 bits per heavy atom. The van der Waals surface area contributed by atoms with Gasteiger partial charge in [-0.1, -0.05) is 0 Å². The number of nitrogens with zero attached hydrogens (tertiary/aromatic N) is 3. The Bertz CT molecular complexity index is 683. The van der Waals surface area contributed by atoms with E-state index in [0.717, 1.165) is 25.7 Å². The molecule has 8 nitrogen and oxygen atoms in total. The lowest BCUT2D eigenvalue weighted by atomic mass is 9.85. The molecule has 0 spiro atoms. The van der Waals surface area contributed by atoms with Gasteiger partial charge in [0, 0.05) is 18.0 Å². The molecule has 4 N–H and O–H groups in total. The highest BCUT2D eigenvalue weighted by Gasteiger charge is 2.24. The fourth-order valence-corrected chi connectivity index (χ4v) is 2.62. The molecule has 0 unspecified atom stereocenters. The number of primary amides is 1. The van der Waals surface area contributed by atoms with Crippen LogP contribution in [0.5, 0.6) is 0 Å². The number of amides is 1. The summed E-state index contributed by atoms with van der Waals surface area (Å²) in [6, 6.07) is 1.99. The molecule has 1 aliphatic carbocycles. The predicted octanol–water partition coefficient (Wildman–Crippen LogP) is -0.126. The number of hydrogen-bond donors (Lipinski definition) is 3. The summed E-state index contributed by atoms with van der Waals surface area (Å²) in [5, 5.41) is 9.56. The Kier molecular flexibility index (Phi) is 3.13. The molecule has 20 heavy (non-hydrogen) atoms. The van der Waals surface area contributed by atoms with E-state index in [4.69, 9.17) is 5.73 Å². The molecule has 2 aromatic heterocycles. The number of carbonyl (C=O) groups is 1. The van der Waals surface area contributed by atoms with Crippen LogP contribution in [0.15, 0.2) is 17.2 Å². The van der Waals surface area contributed by atoms with Crippen LogP contribution in [0.2, 0.25) is 0 Å². The molecule has 0 atom stereocenters. The lowest BCUT2D eigenvalue weighted by Crippen LogP contribution is -2.32. The summed E-state index contributed by atoms with van der Waals surface area (Å²) in [5.41, 5.74) is 5.54. The first-order chi connectivity index (χ1) is 9.63. The second kappa shape index (κ2) is 4.95. The fourth-order valence-electron chi connectivity index (χ4n) is 2.62. The minimum absolute atomic E-state index is 0.00610. The molecule has 106 valence electrons. The SMILES string of the molecule is NC(=O)C1CCC(Nc2cc3n[nH]c(=O)n3cn2)CC1. The molecule has 1 saturated carbocycles. The van der Waals surface area contributed by atoms with Crippen molar-refractivity contribution in [2.24, 2.45) is 11.7 Å². The highest BCUT2D eigenvalue weighted by Crippen LogP contribution is 2.25. The third kappa shape index (κ3) is 2.36. The van der Waals surface area contributed by atoms with Crippen molar-refractivity contribution in [2.45, 2.75) is 31.7 Å². The van der Waals surface area contributed by atoms with Crippen LogP contribution >= 0.6 is 0 Å². The van der Waals surface area contributed by atoms with Gasteiger partial charge in [-0.2, -0.15) is 5.10 Å². The molecule has 0 aromatic carbocycles. The number of H-pyrrole nitrogens is 1. The van der Waals surface area contributed by atoms with Gasteiger partial charge in [-0.25, -0.2) is 19.3 Å². The maximum Gasteiger partial charge on any atom is 0.348 e. The van der Waals surface area contributed by atoms with E-state index >= 15 is 0 Å². The summed E-state index contributed by atoms with van der Waals surface area (Å²) in [5.74, 6) is 0.464. The van der Waals surface area contributed by atoms with Gasteiger partial charge in [0.25, 0.3) is 0 Å². The first-order valence-corrected chi connectivity index (χ1v) is 6.62. The molecule has 2 aromatic rings. The summed E-state index contributed by atoms with van der Waals surface area (Å²) in [6.45, 7) is 0. The number of nitrogens with two attached hydrogens (primary N) is 1. The van der Waals surface area contributed by atoms with E-state index in [1.165, 1.54) is 10.7 Å². The molecule has 0 aliphatic heterocycles. The molecule has 1 amide bonds. The third-order valence-electron chi connectivity index (χ3n) is 3.79. The maximum absolute atomic E-state index is 11.3. The Morgan fingerprint density at radius 1 is 1.40 bits per heavy atom. The molecular formula is C12H16N6O2. The van der Waals surface area contributed by atoms with Crippen LogP contribution < -0.4 is 16.7 Å². The number of fused-ring (bicyclic) bond motifs is 1. The summed E-state index contributed by atoms with van der Waals surface area (Å²) < 4.78 is 1.34. The van der Waals surface area contributed by atoms with Crippen molar-refractivity contribution in [3.05, 3.63) is 22.9 Å². The Morgan fingerprint density at radius 3 is 2.85 bits per heavy atom. The zero-order chi connectivity index (χ0) is 14.1. The fraction of sp³-hybridized carbons (Fsp3) is 0.500. The highest BCUT2D eigenvalue weighted by atomic mass is 16.1.